The topological polar surface area (TPSA) is 76.8 Å². The molecule has 0 saturated carbocycles. The minimum atomic E-state index is -4.70. The van der Waals surface area contributed by atoms with Crippen molar-refractivity contribution in [2.24, 2.45) is 5.92 Å². The monoisotopic (exact) mass is 481 g/mol. The highest BCUT2D eigenvalue weighted by Crippen LogP contribution is 2.32. The fourth-order valence-corrected chi connectivity index (χ4v) is 4.14. The Bertz CT molecular complexity index is 1200. The Balaban J connectivity index is 1.90. The quantitative estimate of drug-likeness (QED) is 0.405. The zero-order valence-electron chi connectivity index (χ0n) is 17.9. The third kappa shape index (κ3) is 6.16. The fourth-order valence-electron chi connectivity index (χ4n) is 3.13. The molecule has 0 radical (unpaired) electrons. The highest BCUT2D eigenvalue weighted by atomic mass is 32.2. The van der Waals surface area contributed by atoms with E-state index in [4.69, 9.17) is 8.60 Å². The standard InChI is InChI=1S/C23H22F3NO5S/c1-16(2)14-27(22(28)21-11-6-12-31-21)15-17-7-3-4-10-20(17)32-33(29,30)19-9-5-8-18(13-19)23(24,25)26/h3-13,16H,14-15H2,1-2H3. The van der Waals surface area contributed by atoms with Crippen LogP contribution in [0, 0.1) is 5.92 Å². The van der Waals surface area contributed by atoms with E-state index >= 15 is 0 Å². The number of rotatable bonds is 8. The number of para-hydroxylation sites is 1. The van der Waals surface area contributed by atoms with Gasteiger partial charge >= 0.3 is 16.3 Å². The molecular weight excluding hydrogens is 459 g/mol. The van der Waals surface area contributed by atoms with Crippen molar-refractivity contribution in [3.05, 3.63) is 83.8 Å². The van der Waals surface area contributed by atoms with Crippen LogP contribution in [0.1, 0.15) is 35.5 Å². The summed E-state index contributed by atoms with van der Waals surface area (Å²) in [5, 5.41) is 0. The predicted octanol–water partition coefficient (Wildman–Crippen LogP) is 5.36. The number of nitrogens with zero attached hydrogens (tertiary/aromatic N) is 1. The maximum atomic E-state index is 13.0. The molecule has 0 spiro atoms. The number of benzene rings is 2. The third-order valence-corrected chi connectivity index (χ3v) is 5.82. The van der Waals surface area contributed by atoms with Gasteiger partial charge in [0, 0.05) is 18.7 Å². The Hall–Kier alpha value is -3.27. The van der Waals surface area contributed by atoms with Crippen molar-refractivity contribution in [2.75, 3.05) is 6.54 Å². The second-order valence-corrected chi connectivity index (χ2v) is 9.27. The summed E-state index contributed by atoms with van der Waals surface area (Å²) in [4.78, 5) is 13.7. The van der Waals surface area contributed by atoms with Gasteiger partial charge in [-0.2, -0.15) is 21.6 Å². The van der Waals surface area contributed by atoms with Crippen molar-refractivity contribution in [3.63, 3.8) is 0 Å². The molecule has 2 aromatic carbocycles. The summed E-state index contributed by atoms with van der Waals surface area (Å²) in [6.45, 7) is 4.20. The number of furan rings is 1. The van der Waals surface area contributed by atoms with Crippen LogP contribution in [0.25, 0.3) is 0 Å². The average Bonchev–Trinajstić information content (AvgIpc) is 3.28. The Morgan fingerprint density at radius 2 is 1.79 bits per heavy atom. The number of alkyl halides is 3. The molecule has 0 aliphatic rings. The molecule has 10 heteroatoms. The molecule has 1 heterocycles. The summed E-state index contributed by atoms with van der Waals surface area (Å²) in [5.41, 5.74) is -0.735. The molecule has 0 aliphatic carbocycles. The van der Waals surface area contributed by atoms with E-state index in [9.17, 15) is 26.4 Å². The van der Waals surface area contributed by atoms with E-state index in [-0.39, 0.29) is 29.9 Å². The molecular formula is C23H22F3NO5S. The fraction of sp³-hybridized carbons (Fsp3) is 0.261. The van der Waals surface area contributed by atoms with E-state index in [1.165, 1.54) is 29.4 Å². The van der Waals surface area contributed by atoms with Crippen LogP contribution < -0.4 is 4.18 Å². The molecule has 0 N–H and O–H groups in total. The lowest BCUT2D eigenvalue weighted by Crippen LogP contribution is -2.33. The lowest BCUT2D eigenvalue weighted by molar-refractivity contribution is -0.137. The largest absolute Gasteiger partial charge is 0.459 e. The van der Waals surface area contributed by atoms with Crippen molar-refractivity contribution >= 4 is 16.0 Å². The number of hydrogen-bond donors (Lipinski definition) is 0. The normalized spacial score (nSPS) is 12.1. The van der Waals surface area contributed by atoms with Crippen molar-refractivity contribution in [1.29, 1.82) is 0 Å². The van der Waals surface area contributed by atoms with Crippen LogP contribution in [0.15, 0.2) is 76.2 Å². The molecule has 0 aliphatic heterocycles. The number of amides is 1. The molecule has 33 heavy (non-hydrogen) atoms. The number of halogens is 3. The summed E-state index contributed by atoms with van der Waals surface area (Å²) in [7, 11) is -4.56. The van der Waals surface area contributed by atoms with Crippen LogP contribution in [-0.2, 0) is 22.8 Å². The minimum Gasteiger partial charge on any atom is -0.459 e. The molecule has 3 aromatic rings. The van der Waals surface area contributed by atoms with Gasteiger partial charge < -0.3 is 13.5 Å². The van der Waals surface area contributed by atoms with Crippen molar-refractivity contribution in [3.8, 4) is 5.75 Å². The van der Waals surface area contributed by atoms with E-state index < -0.39 is 26.8 Å². The first-order valence-electron chi connectivity index (χ1n) is 10.00. The van der Waals surface area contributed by atoms with Gasteiger partial charge in [-0.05, 0) is 42.3 Å². The molecule has 176 valence electrons. The van der Waals surface area contributed by atoms with Gasteiger partial charge in [0.05, 0.1) is 11.8 Å². The van der Waals surface area contributed by atoms with Gasteiger partial charge in [0.2, 0.25) is 0 Å². The summed E-state index contributed by atoms with van der Waals surface area (Å²) in [5.74, 6) is -0.239. The first-order valence-corrected chi connectivity index (χ1v) is 11.4. The van der Waals surface area contributed by atoms with Gasteiger partial charge in [0.15, 0.2) is 5.76 Å². The molecule has 3 rings (SSSR count). The smallest absolute Gasteiger partial charge is 0.416 e. The molecule has 0 atom stereocenters. The van der Waals surface area contributed by atoms with Crippen LogP contribution in [0.3, 0.4) is 0 Å². The Kier molecular flexibility index (Phi) is 7.16. The lowest BCUT2D eigenvalue weighted by atomic mass is 10.1. The van der Waals surface area contributed by atoms with Gasteiger partial charge in [0.1, 0.15) is 10.6 Å². The van der Waals surface area contributed by atoms with Gasteiger partial charge in [-0.25, -0.2) is 0 Å². The van der Waals surface area contributed by atoms with E-state index in [1.807, 2.05) is 13.8 Å². The summed E-state index contributed by atoms with van der Waals surface area (Å²) >= 11 is 0. The van der Waals surface area contributed by atoms with Gasteiger partial charge in [-0.15, -0.1) is 0 Å². The van der Waals surface area contributed by atoms with Crippen molar-refractivity contribution in [1.82, 2.24) is 4.90 Å². The highest BCUT2D eigenvalue weighted by Gasteiger charge is 2.32. The highest BCUT2D eigenvalue weighted by molar-refractivity contribution is 7.87. The van der Waals surface area contributed by atoms with E-state index in [1.54, 1.807) is 18.2 Å². The molecule has 1 aromatic heterocycles. The summed E-state index contributed by atoms with van der Waals surface area (Å²) in [6, 6.07) is 12.6. The minimum absolute atomic E-state index is 0.00595. The zero-order chi connectivity index (χ0) is 24.2. The van der Waals surface area contributed by atoms with Crippen LogP contribution in [0.2, 0.25) is 0 Å². The average molecular weight is 481 g/mol. The summed E-state index contributed by atoms with van der Waals surface area (Å²) in [6.07, 6.45) is -3.33. The van der Waals surface area contributed by atoms with Gasteiger partial charge in [0.25, 0.3) is 5.91 Å². The molecule has 0 saturated heterocycles. The second kappa shape index (κ2) is 9.70. The third-order valence-electron chi connectivity index (χ3n) is 4.59. The first-order chi connectivity index (χ1) is 15.5. The first kappa shape index (κ1) is 24.4. The van der Waals surface area contributed by atoms with E-state index in [0.717, 1.165) is 18.2 Å². The second-order valence-electron chi connectivity index (χ2n) is 7.73. The molecule has 0 fully saturated rings. The maximum absolute atomic E-state index is 13.0. The zero-order valence-corrected chi connectivity index (χ0v) is 18.7. The van der Waals surface area contributed by atoms with E-state index in [2.05, 4.69) is 0 Å². The van der Waals surface area contributed by atoms with E-state index in [0.29, 0.717) is 18.2 Å². The Morgan fingerprint density at radius 1 is 1.06 bits per heavy atom. The van der Waals surface area contributed by atoms with Crippen LogP contribution in [-0.4, -0.2) is 25.8 Å². The lowest BCUT2D eigenvalue weighted by Gasteiger charge is -2.24. The van der Waals surface area contributed by atoms with Crippen LogP contribution in [0.4, 0.5) is 13.2 Å². The summed E-state index contributed by atoms with van der Waals surface area (Å²) < 4.78 is 74.9. The Labute approximate surface area is 189 Å². The van der Waals surface area contributed by atoms with Gasteiger partial charge in [-0.1, -0.05) is 38.1 Å². The molecule has 0 bridgehead atoms. The molecule has 0 unspecified atom stereocenters. The number of carbonyl (C=O) groups is 1. The van der Waals surface area contributed by atoms with Crippen molar-refractivity contribution < 1.29 is 35.0 Å². The Morgan fingerprint density at radius 3 is 2.42 bits per heavy atom. The maximum Gasteiger partial charge on any atom is 0.416 e. The number of carbonyl (C=O) groups excluding carboxylic acids is 1. The van der Waals surface area contributed by atoms with Crippen molar-refractivity contribution in [2.45, 2.75) is 31.5 Å². The van der Waals surface area contributed by atoms with Crippen LogP contribution in [0.5, 0.6) is 5.75 Å². The van der Waals surface area contributed by atoms with Gasteiger partial charge in [-0.3, -0.25) is 4.79 Å². The molecule has 1 amide bonds. The predicted molar refractivity (Wildman–Crippen MR) is 114 cm³/mol. The molecule has 6 nitrogen and oxygen atoms in total. The SMILES string of the molecule is CC(C)CN(Cc1ccccc1OS(=O)(=O)c1cccc(C(F)(F)F)c1)C(=O)c1ccco1. The van der Waals surface area contributed by atoms with Crippen LogP contribution >= 0.6 is 0 Å². The number of hydrogen-bond acceptors (Lipinski definition) is 5.